The van der Waals surface area contributed by atoms with E-state index >= 15 is 0 Å². The fourth-order valence-corrected chi connectivity index (χ4v) is 1.56. The zero-order chi connectivity index (χ0) is 13.1. The van der Waals surface area contributed by atoms with Crippen LogP contribution in [0.25, 0.3) is 0 Å². The topological polar surface area (TPSA) is 112 Å². The highest BCUT2D eigenvalue weighted by atomic mass is 32.2. The summed E-state index contributed by atoms with van der Waals surface area (Å²) in [5.74, 6) is -0.572. The van der Waals surface area contributed by atoms with Crippen molar-refractivity contribution in [3.05, 3.63) is 23.8 Å². The van der Waals surface area contributed by atoms with Crippen molar-refractivity contribution >= 4 is 21.4 Å². The van der Waals surface area contributed by atoms with Crippen LogP contribution in [0.3, 0.4) is 0 Å². The molecular weight excluding hydrogens is 244 g/mol. The third-order valence-electron chi connectivity index (χ3n) is 1.98. The number of nitrogens with two attached hydrogens (primary N) is 2. The second-order valence-corrected chi connectivity index (χ2v) is 5.86. The Bertz CT molecular complexity index is 525. The number of anilines is 1. The van der Waals surface area contributed by atoms with Gasteiger partial charge in [0.05, 0.1) is 11.3 Å². The molecule has 0 saturated heterocycles. The molecule has 0 aliphatic rings. The molecule has 0 spiro atoms. The number of amides is 1. The number of hydrogen-bond acceptors (Lipinski definition) is 5. The number of rotatable bonds is 5. The second kappa shape index (κ2) is 5.05. The van der Waals surface area contributed by atoms with Crippen LogP contribution in [-0.4, -0.2) is 32.9 Å². The van der Waals surface area contributed by atoms with E-state index < -0.39 is 15.7 Å². The second-order valence-electron chi connectivity index (χ2n) is 3.60. The minimum atomic E-state index is -3.10. The fraction of sp³-hybridized carbons (Fsp3) is 0.300. The van der Waals surface area contributed by atoms with Crippen LogP contribution >= 0.6 is 0 Å². The summed E-state index contributed by atoms with van der Waals surface area (Å²) in [7, 11) is -3.10. The van der Waals surface area contributed by atoms with Crippen LogP contribution in [0.2, 0.25) is 0 Å². The van der Waals surface area contributed by atoms with Gasteiger partial charge >= 0.3 is 0 Å². The van der Waals surface area contributed by atoms with Crippen molar-refractivity contribution in [1.29, 1.82) is 0 Å². The lowest BCUT2D eigenvalue weighted by Gasteiger charge is -2.09. The molecule has 0 heterocycles. The van der Waals surface area contributed by atoms with E-state index in [0.29, 0.717) is 5.69 Å². The third kappa shape index (κ3) is 4.31. The van der Waals surface area contributed by atoms with Gasteiger partial charge in [-0.3, -0.25) is 4.79 Å². The predicted octanol–water partition coefficient (Wildman–Crippen LogP) is -0.209. The first-order valence-electron chi connectivity index (χ1n) is 4.79. The molecule has 1 aromatic carbocycles. The largest absolute Gasteiger partial charge is 0.492 e. The SMILES string of the molecule is CS(=O)(=O)CCOc1ccc(N)cc1C(N)=O. The van der Waals surface area contributed by atoms with Crippen LogP contribution in [0.15, 0.2) is 18.2 Å². The molecule has 0 aromatic heterocycles. The first kappa shape index (κ1) is 13.3. The van der Waals surface area contributed by atoms with Crippen molar-refractivity contribution in [2.24, 2.45) is 5.73 Å². The van der Waals surface area contributed by atoms with Gasteiger partial charge in [-0.15, -0.1) is 0 Å². The highest BCUT2D eigenvalue weighted by Gasteiger charge is 2.11. The Hall–Kier alpha value is -1.76. The first-order valence-corrected chi connectivity index (χ1v) is 6.85. The van der Waals surface area contributed by atoms with E-state index in [0.717, 1.165) is 6.26 Å². The summed E-state index contributed by atoms with van der Waals surface area (Å²) < 4.78 is 27.0. The molecule has 0 fully saturated rings. The number of ether oxygens (including phenoxy) is 1. The van der Waals surface area contributed by atoms with Crippen LogP contribution in [-0.2, 0) is 9.84 Å². The Morgan fingerprint density at radius 1 is 1.41 bits per heavy atom. The summed E-state index contributed by atoms with van der Waals surface area (Å²) in [6.45, 7) is -0.0387. The van der Waals surface area contributed by atoms with Gasteiger partial charge in [-0.2, -0.15) is 0 Å². The van der Waals surface area contributed by atoms with Crippen molar-refractivity contribution < 1.29 is 17.9 Å². The van der Waals surface area contributed by atoms with Crippen LogP contribution in [0.5, 0.6) is 5.75 Å². The van der Waals surface area contributed by atoms with Gasteiger partial charge in [0, 0.05) is 11.9 Å². The molecule has 7 heteroatoms. The quantitative estimate of drug-likeness (QED) is 0.710. The molecule has 0 atom stereocenters. The van der Waals surface area contributed by atoms with Gasteiger partial charge in [0.25, 0.3) is 5.91 Å². The average molecular weight is 258 g/mol. The molecule has 0 aliphatic carbocycles. The van der Waals surface area contributed by atoms with Gasteiger partial charge < -0.3 is 16.2 Å². The Labute approximate surface area is 99.5 Å². The highest BCUT2D eigenvalue weighted by Crippen LogP contribution is 2.20. The first-order chi connectivity index (χ1) is 7.79. The molecule has 0 radical (unpaired) electrons. The van der Waals surface area contributed by atoms with Gasteiger partial charge in [0.15, 0.2) is 9.84 Å². The van der Waals surface area contributed by atoms with Gasteiger partial charge in [0.2, 0.25) is 0 Å². The summed E-state index contributed by atoms with van der Waals surface area (Å²) in [6.07, 6.45) is 1.11. The van der Waals surface area contributed by atoms with Gasteiger partial charge in [-0.1, -0.05) is 0 Å². The van der Waals surface area contributed by atoms with E-state index in [1.807, 2.05) is 0 Å². The van der Waals surface area contributed by atoms with Crippen molar-refractivity contribution in [3.8, 4) is 5.75 Å². The molecule has 0 bridgehead atoms. The number of sulfone groups is 1. The minimum absolute atomic E-state index is 0.0387. The van der Waals surface area contributed by atoms with E-state index in [9.17, 15) is 13.2 Å². The third-order valence-corrected chi connectivity index (χ3v) is 2.89. The molecular formula is C10H14N2O4S. The Morgan fingerprint density at radius 3 is 2.59 bits per heavy atom. The molecule has 0 unspecified atom stereocenters. The zero-order valence-electron chi connectivity index (χ0n) is 9.34. The summed E-state index contributed by atoms with van der Waals surface area (Å²) >= 11 is 0. The lowest BCUT2D eigenvalue weighted by molar-refractivity contribution is 0.0996. The summed E-state index contributed by atoms with van der Waals surface area (Å²) in [4.78, 5) is 11.1. The van der Waals surface area contributed by atoms with E-state index in [1.165, 1.54) is 12.1 Å². The minimum Gasteiger partial charge on any atom is -0.492 e. The molecule has 1 rings (SSSR count). The Balaban J connectivity index is 2.81. The van der Waals surface area contributed by atoms with Gasteiger partial charge in [0.1, 0.15) is 12.4 Å². The highest BCUT2D eigenvalue weighted by molar-refractivity contribution is 7.90. The molecule has 6 nitrogen and oxygen atoms in total. The maximum Gasteiger partial charge on any atom is 0.252 e. The van der Waals surface area contributed by atoms with Crippen LogP contribution in [0.4, 0.5) is 5.69 Å². The number of hydrogen-bond donors (Lipinski definition) is 2. The maximum absolute atomic E-state index is 11.1. The van der Waals surface area contributed by atoms with Crippen molar-refractivity contribution in [3.63, 3.8) is 0 Å². The summed E-state index contributed by atoms with van der Waals surface area (Å²) in [5, 5.41) is 0. The lowest BCUT2D eigenvalue weighted by atomic mass is 10.1. The van der Waals surface area contributed by atoms with Crippen molar-refractivity contribution in [2.45, 2.75) is 0 Å². The average Bonchev–Trinajstić information content (AvgIpc) is 2.18. The lowest BCUT2D eigenvalue weighted by Crippen LogP contribution is -2.16. The summed E-state index contributed by atoms with van der Waals surface area (Å²) in [5.41, 5.74) is 11.2. The van der Waals surface area contributed by atoms with E-state index in [1.54, 1.807) is 6.07 Å². The number of benzene rings is 1. The van der Waals surface area contributed by atoms with E-state index in [-0.39, 0.29) is 23.7 Å². The molecule has 1 aromatic rings. The van der Waals surface area contributed by atoms with Crippen LogP contribution in [0, 0.1) is 0 Å². The van der Waals surface area contributed by atoms with Crippen LogP contribution < -0.4 is 16.2 Å². The number of primary amides is 1. The van der Waals surface area contributed by atoms with Crippen LogP contribution in [0.1, 0.15) is 10.4 Å². The zero-order valence-corrected chi connectivity index (χ0v) is 10.2. The standard InChI is InChI=1S/C10H14N2O4S/c1-17(14,15)5-4-16-9-3-2-7(11)6-8(9)10(12)13/h2-3,6H,4-5,11H2,1H3,(H2,12,13). The fourth-order valence-electron chi connectivity index (χ4n) is 1.17. The Kier molecular flexibility index (Phi) is 3.95. The summed E-state index contributed by atoms with van der Waals surface area (Å²) in [6, 6.07) is 4.41. The number of carbonyl (C=O) groups is 1. The van der Waals surface area contributed by atoms with E-state index in [2.05, 4.69) is 0 Å². The molecule has 0 saturated carbocycles. The Morgan fingerprint density at radius 2 is 2.06 bits per heavy atom. The smallest absolute Gasteiger partial charge is 0.252 e. The van der Waals surface area contributed by atoms with E-state index in [4.69, 9.17) is 16.2 Å². The number of carbonyl (C=O) groups excluding carboxylic acids is 1. The maximum atomic E-state index is 11.1. The molecule has 1 amide bonds. The predicted molar refractivity (Wildman–Crippen MR) is 64.6 cm³/mol. The molecule has 17 heavy (non-hydrogen) atoms. The normalized spacial score (nSPS) is 11.1. The monoisotopic (exact) mass is 258 g/mol. The van der Waals surface area contributed by atoms with Gasteiger partial charge in [-0.25, -0.2) is 8.42 Å². The molecule has 94 valence electrons. The van der Waals surface area contributed by atoms with Crippen molar-refractivity contribution in [1.82, 2.24) is 0 Å². The van der Waals surface area contributed by atoms with Crippen molar-refractivity contribution in [2.75, 3.05) is 24.3 Å². The number of nitrogen functional groups attached to an aromatic ring is 1. The molecule has 0 aliphatic heterocycles. The molecule has 4 N–H and O–H groups in total. The van der Waals surface area contributed by atoms with Gasteiger partial charge in [-0.05, 0) is 18.2 Å².